The molecule has 1 aliphatic rings. The highest BCUT2D eigenvalue weighted by Gasteiger charge is 2.39. The Morgan fingerprint density at radius 1 is 1.18 bits per heavy atom. The summed E-state index contributed by atoms with van der Waals surface area (Å²) >= 11 is 0. The molecule has 1 saturated heterocycles. The Hall–Kier alpha value is -1.91. The van der Waals surface area contributed by atoms with Crippen LogP contribution in [0.25, 0.3) is 10.8 Å². The fraction of sp³-hybridized carbons (Fsp3) is 0.389. The van der Waals surface area contributed by atoms with Gasteiger partial charge in [-0.3, -0.25) is 4.79 Å². The Morgan fingerprint density at radius 3 is 2.68 bits per heavy atom. The summed E-state index contributed by atoms with van der Waals surface area (Å²) in [6.45, 7) is 0.851. The lowest BCUT2D eigenvalue weighted by atomic mass is 9.88. The fourth-order valence-corrected chi connectivity index (χ4v) is 3.32. The minimum absolute atomic E-state index is 0.0237. The van der Waals surface area contributed by atoms with Gasteiger partial charge in [0.25, 0.3) is 0 Å². The molecule has 0 spiro atoms. The molecular weight excluding hydrogens is 278 g/mol. The summed E-state index contributed by atoms with van der Waals surface area (Å²) < 4.78 is 10.6. The van der Waals surface area contributed by atoms with Crippen molar-refractivity contribution in [3.63, 3.8) is 0 Å². The smallest absolute Gasteiger partial charge is 0.314 e. The van der Waals surface area contributed by atoms with Crippen LogP contribution >= 0.6 is 0 Å². The lowest BCUT2D eigenvalue weighted by molar-refractivity contribution is -0.144. The van der Waals surface area contributed by atoms with E-state index in [2.05, 4.69) is 29.6 Å². The number of esters is 1. The number of benzene rings is 2. The van der Waals surface area contributed by atoms with Gasteiger partial charge in [0.05, 0.1) is 25.2 Å². The largest absolute Gasteiger partial charge is 0.469 e. The maximum absolute atomic E-state index is 12.4. The number of ether oxygens (including phenoxy) is 2. The Kier molecular flexibility index (Phi) is 4.41. The molecule has 2 aromatic rings. The number of fused-ring (bicyclic) bond motifs is 1. The average molecular weight is 299 g/mol. The Labute approximate surface area is 130 Å². The predicted molar refractivity (Wildman–Crippen MR) is 85.9 cm³/mol. The summed E-state index contributed by atoms with van der Waals surface area (Å²) in [5.41, 5.74) is 0.965. The highest BCUT2D eigenvalue weighted by Crippen LogP contribution is 2.30. The molecule has 1 heterocycles. The summed E-state index contributed by atoms with van der Waals surface area (Å²) in [5.74, 6) is -0.584. The van der Waals surface area contributed by atoms with E-state index in [0.29, 0.717) is 0 Å². The molecule has 4 heteroatoms. The van der Waals surface area contributed by atoms with Crippen LogP contribution in [-0.2, 0) is 14.3 Å². The molecule has 22 heavy (non-hydrogen) atoms. The van der Waals surface area contributed by atoms with Crippen LogP contribution in [-0.4, -0.2) is 38.9 Å². The van der Waals surface area contributed by atoms with Gasteiger partial charge >= 0.3 is 5.97 Å². The molecule has 2 aromatic carbocycles. The standard InChI is InChI=1S/C18H21NO3/c1-21-15-9-10-19-17(15)16(18(20)22-2)14-8-7-12-5-3-4-6-13(12)11-14/h3-8,11,15-17,19H,9-10H2,1-2H3/t15-,16+,17+/m1/s1. The van der Waals surface area contributed by atoms with Gasteiger partial charge in [-0.15, -0.1) is 0 Å². The van der Waals surface area contributed by atoms with Crippen molar-refractivity contribution in [2.45, 2.75) is 24.5 Å². The van der Waals surface area contributed by atoms with Gasteiger partial charge in [0.2, 0.25) is 0 Å². The SMILES string of the molecule is COC(=O)[C@@H](c1ccc2ccccc2c1)[C@H]1NCC[C@H]1OC. The molecule has 0 radical (unpaired) electrons. The molecule has 0 aliphatic carbocycles. The highest BCUT2D eigenvalue weighted by atomic mass is 16.5. The molecule has 116 valence electrons. The monoisotopic (exact) mass is 299 g/mol. The lowest BCUT2D eigenvalue weighted by Gasteiger charge is -2.26. The van der Waals surface area contributed by atoms with E-state index < -0.39 is 0 Å². The summed E-state index contributed by atoms with van der Waals surface area (Å²) in [7, 11) is 3.13. The van der Waals surface area contributed by atoms with E-state index in [1.165, 1.54) is 7.11 Å². The molecule has 1 aliphatic heterocycles. The molecule has 1 fully saturated rings. The zero-order chi connectivity index (χ0) is 15.5. The van der Waals surface area contributed by atoms with Gasteiger partial charge in [0.1, 0.15) is 0 Å². The number of carbonyl (C=O) groups is 1. The van der Waals surface area contributed by atoms with Crippen LogP contribution in [0, 0.1) is 0 Å². The van der Waals surface area contributed by atoms with Gasteiger partial charge in [-0.05, 0) is 29.3 Å². The second-order valence-electron chi connectivity index (χ2n) is 5.65. The van der Waals surface area contributed by atoms with Gasteiger partial charge in [0.15, 0.2) is 0 Å². The second kappa shape index (κ2) is 6.46. The zero-order valence-electron chi connectivity index (χ0n) is 12.9. The van der Waals surface area contributed by atoms with Crippen molar-refractivity contribution in [1.82, 2.24) is 5.32 Å². The molecule has 1 N–H and O–H groups in total. The maximum Gasteiger partial charge on any atom is 0.314 e. The third-order valence-electron chi connectivity index (χ3n) is 4.46. The number of hydrogen-bond acceptors (Lipinski definition) is 4. The van der Waals surface area contributed by atoms with Crippen LogP contribution in [0.4, 0.5) is 0 Å². The van der Waals surface area contributed by atoms with Crippen molar-refractivity contribution >= 4 is 16.7 Å². The van der Waals surface area contributed by atoms with Crippen molar-refractivity contribution < 1.29 is 14.3 Å². The van der Waals surface area contributed by atoms with Crippen LogP contribution in [0.15, 0.2) is 42.5 Å². The summed E-state index contributed by atoms with van der Waals surface area (Å²) in [6.07, 6.45) is 0.929. The molecule has 0 bridgehead atoms. The molecule has 4 nitrogen and oxygen atoms in total. The molecule has 0 amide bonds. The first-order valence-corrected chi connectivity index (χ1v) is 7.57. The van der Waals surface area contributed by atoms with Gasteiger partial charge in [-0.25, -0.2) is 0 Å². The number of carbonyl (C=O) groups excluding carboxylic acids is 1. The van der Waals surface area contributed by atoms with Gasteiger partial charge in [0, 0.05) is 7.11 Å². The number of hydrogen-bond donors (Lipinski definition) is 1. The van der Waals surface area contributed by atoms with Crippen LogP contribution in [0.2, 0.25) is 0 Å². The topological polar surface area (TPSA) is 47.6 Å². The Morgan fingerprint density at radius 2 is 1.95 bits per heavy atom. The van der Waals surface area contributed by atoms with E-state index in [1.807, 2.05) is 18.2 Å². The molecule has 0 aromatic heterocycles. The van der Waals surface area contributed by atoms with E-state index >= 15 is 0 Å². The molecular formula is C18H21NO3. The fourth-order valence-electron chi connectivity index (χ4n) is 3.32. The van der Waals surface area contributed by atoms with Gasteiger partial charge in [-0.1, -0.05) is 42.5 Å². The first-order chi connectivity index (χ1) is 10.7. The third kappa shape index (κ3) is 2.72. The van der Waals surface area contributed by atoms with E-state index in [9.17, 15) is 4.79 Å². The van der Waals surface area contributed by atoms with Crippen molar-refractivity contribution in [2.75, 3.05) is 20.8 Å². The first-order valence-electron chi connectivity index (χ1n) is 7.57. The Bertz CT molecular complexity index is 670. The third-order valence-corrected chi connectivity index (χ3v) is 4.46. The highest BCUT2D eigenvalue weighted by molar-refractivity contribution is 5.86. The van der Waals surface area contributed by atoms with Crippen molar-refractivity contribution in [3.8, 4) is 0 Å². The van der Waals surface area contributed by atoms with E-state index in [-0.39, 0.29) is 24.0 Å². The minimum atomic E-state index is -0.359. The minimum Gasteiger partial charge on any atom is -0.469 e. The summed E-state index contributed by atoms with van der Waals surface area (Å²) in [5, 5.41) is 5.68. The molecule has 0 unspecified atom stereocenters. The normalized spacial score (nSPS) is 22.6. The predicted octanol–water partition coefficient (Wildman–Crippen LogP) is 2.47. The summed E-state index contributed by atoms with van der Waals surface area (Å²) in [6, 6.07) is 14.2. The molecule has 3 atom stereocenters. The van der Waals surface area contributed by atoms with E-state index in [4.69, 9.17) is 9.47 Å². The second-order valence-corrected chi connectivity index (χ2v) is 5.65. The Balaban J connectivity index is 2.02. The lowest BCUT2D eigenvalue weighted by Crippen LogP contribution is -2.41. The van der Waals surface area contributed by atoms with Crippen LogP contribution in [0.1, 0.15) is 17.9 Å². The number of rotatable bonds is 4. The van der Waals surface area contributed by atoms with Gasteiger partial charge in [-0.2, -0.15) is 0 Å². The van der Waals surface area contributed by atoms with Crippen LogP contribution in [0.5, 0.6) is 0 Å². The van der Waals surface area contributed by atoms with Crippen LogP contribution < -0.4 is 5.32 Å². The van der Waals surface area contributed by atoms with Crippen molar-refractivity contribution in [2.24, 2.45) is 0 Å². The van der Waals surface area contributed by atoms with Crippen LogP contribution in [0.3, 0.4) is 0 Å². The zero-order valence-corrected chi connectivity index (χ0v) is 12.9. The van der Waals surface area contributed by atoms with Gasteiger partial charge < -0.3 is 14.8 Å². The summed E-state index contributed by atoms with van der Waals surface area (Å²) in [4.78, 5) is 12.4. The van der Waals surface area contributed by atoms with E-state index in [0.717, 1.165) is 29.3 Å². The average Bonchev–Trinajstić information content (AvgIpc) is 3.03. The van der Waals surface area contributed by atoms with Crippen molar-refractivity contribution in [3.05, 3.63) is 48.0 Å². The maximum atomic E-state index is 12.4. The number of methoxy groups -OCH3 is 2. The first kappa shape index (κ1) is 15.0. The number of nitrogens with one attached hydrogen (secondary N) is 1. The quantitative estimate of drug-likeness (QED) is 0.881. The molecule has 3 rings (SSSR count). The van der Waals surface area contributed by atoms with E-state index in [1.54, 1.807) is 7.11 Å². The van der Waals surface area contributed by atoms with Crippen molar-refractivity contribution in [1.29, 1.82) is 0 Å². The molecule has 0 saturated carbocycles.